The van der Waals surface area contributed by atoms with Crippen LogP contribution in [0.1, 0.15) is 19.4 Å². The van der Waals surface area contributed by atoms with Gasteiger partial charge in [-0.2, -0.15) is 8.42 Å². The Morgan fingerprint density at radius 1 is 1.03 bits per heavy atom. The molecule has 3 saturated heterocycles. The second-order valence-electron chi connectivity index (χ2n) is 10.8. The summed E-state index contributed by atoms with van der Waals surface area (Å²) < 4.78 is 55.4. The fraction of sp³-hybridized carbons (Fsp3) is 0.500. The lowest BCUT2D eigenvalue weighted by atomic mass is 10.1. The molecule has 1 amide bonds. The van der Waals surface area contributed by atoms with E-state index in [1.807, 2.05) is 37.3 Å². The number of carbonyl (C=O) groups excluding carboxylic acids is 1. The SMILES string of the molecule is Cc1ccc(S(=O)(=O)OC[C@H]2O[C@@H]3OC(C)(C)O[C@@H]3[C@H]2O[C@H]2NC(=O)[C@H]2[Si](C)(C)c2ccccc2)cc1. The second kappa shape index (κ2) is 9.56. The van der Waals surface area contributed by atoms with Gasteiger partial charge in [0.05, 0.1) is 25.1 Å². The summed E-state index contributed by atoms with van der Waals surface area (Å²) in [6.07, 6.45) is -3.42. The third-order valence-electron chi connectivity index (χ3n) is 7.25. The normalized spacial score (nSPS) is 31.0. The van der Waals surface area contributed by atoms with E-state index in [2.05, 4.69) is 18.4 Å². The van der Waals surface area contributed by atoms with Crippen LogP contribution in [-0.4, -0.2) is 65.6 Å². The molecule has 0 saturated carbocycles. The van der Waals surface area contributed by atoms with Crippen molar-refractivity contribution in [2.45, 2.75) is 80.9 Å². The van der Waals surface area contributed by atoms with Gasteiger partial charge < -0.3 is 24.3 Å². The Balaban J connectivity index is 1.34. The van der Waals surface area contributed by atoms with E-state index in [1.54, 1.807) is 26.0 Å². The topological polar surface area (TPSA) is 109 Å². The highest BCUT2D eigenvalue weighted by atomic mass is 32.2. The molecule has 6 atom stereocenters. The average Bonchev–Trinajstić information content (AvgIpc) is 3.29. The summed E-state index contributed by atoms with van der Waals surface area (Å²) in [6, 6.07) is 16.4. The van der Waals surface area contributed by atoms with Gasteiger partial charge in [-0.15, -0.1) is 0 Å². The van der Waals surface area contributed by atoms with E-state index in [-0.39, 0.29) is 23.0 Å². The first-order chi connectivity index (χ1) is 17.4. The number of ether oxygens (including phenoxy) is 4. The van der Waals surface area contributed by atoms with Gasteiger partial charge in [-0.3, -0.25) is 8.98 Å². The van der Waals surface area contributed by atoms with E-state index in [9.17, 15) is 13.2 Å². The lowest BCUT2D eigenvalue weighted by Gasteiger charge is -2.46. The molecule has 2 aromatic rings. The maximum atomic E-state index is 12.8. The highest BCUT2D eigenvalue weighted by Crippen LogP contribution is 2.42. The summed E-state index contributed by atoms with van der Waals surface area (Å²) in [6.45, 7) is 9.43. The van der Waals surface area contributed by atoms with Gasteiger partial charge >= 0.3 is 0 Å². The van der Waals surface area contributed by atoms with Crippen molar-refractivity contribution in [1.29, 1.82) is 0 Å². The van der Waals surface area contributed by atoms with Gasteiger partial charge in [0.2, 0.25) is 5.91 Å². The summed E-state index contributed by atoms with van der Waals surface area (Å²) in [4.78, 5) is 12.8. The molecular weight excluding hydrogens is 514 g/mol. The standard InChI is InChI=1S/C26H33NO8SSi/c1-16-11-13-17(14-12-16)36(29,30)31-15-19-20(21-25(32-19)35-26(2,3)34-21)33-24-22(23(28)27-24)37(4,5)18-9-7-6-8-10-18/h6-14,19-22,24-25H,15H2,1-5H3,(H,27,28)/t19-,20+,21-,22-,24-,25-/m1/s1. The van der Waals surface area contributed by atoms with E-state index in [4.69, 9.17) is 23.1 Å². The zero-order valence-electron chi connectivity index (χ0n) is 21.5. The summed E-state index contributed by atoms with van der Waals surface area (Å²) in [7, 11) is -6.27. The van der Waals surface area contributed by atoms with E-state index in [0.29, 0.717) is 0 Å². The van der Waals surface area contributed by atoms with E-state index in [0.717, 1.165) is 10.8 Å². The highest BCUT2D eigenvalue weighted by Gasteiger charge is 2.59. The molecule has 0 aromatic heterocycles. The lowest BCUT2D eigenvalue weighted by molar-refractivity contribution is -0.227. The first kappa shape index (κ1) is 26.5. The molecule has 3 aliphatic rings. The van der Waals surface area contributed by atoms with E-state index < -0.39 is 54.8 Å². The minimum Gasteiger partial charge on any atom is -0.349 e. The molecule has 0 spiro atoms. The molecule has 0 bridgehead atoms. The fourth-order valence-electron chi connectivity index (χ4n) is 5.16. The molecule has 0 radical (unpaired) electrons. The molecule has 37 heavy (non-hydrogen) atoms. The van der Waals surface area contributed by atoms with Crippen molar-refractivity contribution in [3.63, 3.8) is 0 Å². The smallest absolute Gasteiger partial charge is 0.297 e. The second-order valence-corrected chi connectivity index (χ2v) is 17.0. The number of aryl methyl sites for hydroxylation is 1. The number of fused-ring (bicyclic) bond motifs is 1. The molecular formula is C26H33NO8SSi. The van der Waals surface area contributed by atoms with Gasteiger partial charge in [0, 0.05) is 0 Å². The lowest BCUT2D eigenvalue weighted by Crippen LogP contribution is -2.68. The van der Waals surface area contributed by atoms with Gasteiger partial charge in [-0.05, 0) is 32.9 Å². The van der Waals surface area contributed by atoms with Crippen LogP contribution < -0.4 is 10.5 Å². The van der Waals surface area contributed by atoms with Gasteiger partial charge in [-0.1, -0.05) is 66.3 Å². The predicted molar refractivity (Wildman–Crippen MR) is 137 cm³/mol. The maximum Gasteiger partial charge on any atom is 0.297 e. The number of β-lactam (4-membered cyclic amide) rings is 1. The Labute approximate surface area is 218 Å². The Morgan fingerprint density at radius 2 is 1.70 bits per heavy atom. The molecule has 2 aromatic carbocycles. The summed E-state index contributed by atoms with van der Waals surface area (Å²) in [5.74, 6) is -0.948. The van der Waals surface area contributed by atoms with Gasteiger partial charge in [0.1, 0.15) is 24.5 Å². The largest absolute Gasteiger partial charge is 0.349 e. The Morgan fingerprint density at radius 3 is 2.35 bits per heavy atom. The molecule has 200 valence electrons. The van der Waals surface area contributed by atoms with Crippen LogP contribution in [0.5, 0.6) is 0 Å². The number of amides is 1. The quantitative estimate of drug-likeness (QED) is 0.305. The Bertz CT molecular complexity index is 1250. The van der Waals surface area contributed by atoms with Crippen molar-refractivity contribution in [2.24, 2.45) is 0 Å². The van der Waals surface area contributed by atoms with Gasteiger partial charge in [0.15, 0.2) is 12.1 Å². The Kier molecular flexibility index (Phi) is 6.85. The van der Waals surface area contributed by atoms with Crippen LogP contribution in [0.15, 0.2) is 59.5 Å². The van der Waals surface area contributed by atoms with Crippen LogP contribution in [0.25, 0.3) is 0 Å². The third-order valence-corrected chi connectivity index (χ3v) is 12.5. The molecule has 0 aliphatic carbocycles. The molecule has 11 heteroatoms. The van der Waals surface area contributed by atoms with Crippen LogP contribution in [0.3, 0.4) is 0 Å². The zero-order chi connectivity index (χ0) is 26.6. The van der Waals surface area contributed by atoms with Gasteiger partial charge in [0.25, 0.3) is 10.1 Å². The van der Waals surface area contributed by atoms with Crippen LogP contribution in [0, 0.1) is 6.92 Å². The summed E-state index contributed by atoms with van der Waals surface area (Å²) in [5.41, 5.74) is 0.609. The minimum absolute atomic E-state index is 0.0559. The minimum atomic E-state index is -4.01. The van der Waals surface area contributed by atoms with Crippen molar-refractivity contribution < 1.29 is 36.3 Å². The number of hydrogen-bond acceptors (Lipinski definition) is 8. The van der Waals surface area contributed by atoms with Crippen molar-refractivity contribution in [2.75, 3.05) is 6.61 Å². The molecule has 3 aliphatic heterocycles. The Hall–Kier alpha value is -2.12. The van der Waals surface area contributed by atoms with Crippen LogP contribution in [0.2, 0.25) is 18.6 Å². The number of hydrogen-bond donors (Lipinski definition) is 1. The van der Waals surface area contributed by atoms with E-state index >= 15 is 0 Å². The maximum absolute atomic E-state index is 12.8. The molecule has 9 nitrogen and oxygen atoms in total. The highest BCUT2D eigenvalue weighted by molar-refractivity contribution is 7.86. The number of carbonyl (C=O) groups is 1. The molecule has 3 fully saturated rings. The van der Waals surface area contributed by atoms with Crippen molar-refractivity contribution in [3.8, 4) is 0 Å². The van der Waals surface area contributed by atoms with E-state index in [1.165, 1.54) is 12.1 Å². The first-order valence-electron chi connectivity index (χ1n) is 12.4. The van der Waals surface area contributed by atoms with Crippen molar-refractivity contribution in [1.82, 2.24) is 5.32 Å². The van der Waals surface area contributed by atoms with Crippen LogP contribution in [0.4, 0.5) is 0 Å². The average molecular weight is 548 g/mol. The first-order valence-corrected chi connectivity index (χ1v) is 16.8. The van der Waals surface area contributed by atoms with Crippen molar-refractivity contribution in [3.05, 3.63) is 60.2 Å². The number of benzene rings is 2. The predicted octanol–water partition coefficient (Wildman–Crippen LogP) is 2.40. The number of rotatable bonds is 8. The number of nitrogens with one attached hydrogen (secondary N) is 1. The third kappa shape index (κ3) is 5.13. The summed E-state index contributed by atoms with van der Waals surface area (Å²) in [5, 5.41) is 4.03. The van der Waals surface area contributed by atoms with Crippen LogP contribution in [-0.2, 0) is 38.0 Å². The fourth-order valence-corrected chi connectivity index (χ4v) is 9.15. The molecule has 1 N–H and O–H groups in total. The zero-order valence-corrected chi connectivity index (χ0v) is 23.4. The summed E-state index contributed by atoms with van der Waals surface area (Å²) >= 11 is 0. The monoisotopic (exact) mass is 547 g/mol. The van der Waals surface area contributed by atoms with Gasteiger partial charge in [-0.25, -0.2) is 0 Å². The van der Waals surface area contributed by atoms with Crippen LogP contribution >= 0.6 is 0 Å². The molecule has 5 rings (SSSR count). The molecule has 3 heterocycles. The molecule has 0 unspecified atom stereocenters. The van der Waals surface area contributed by atoms with Crippen molar-refractivity contribution >= 4 is 29.3 Å².